The molecule has 0 unspecified atom stereocenters. The van der Waals surface area contributed by atoms with E-state index >= 15 is 0 Å². The predicted molar refractivity (Wildman–Crippen MR) is 114 cm³/mol. The number of piperazine rings is 1. The highest BCUT2D eigenvalue weighted by Crippen LogP contribution is 2.35. The lowest BCUT2D eigenvalue weighted by molar-refractivity contribution is 0.154. The average molecular weight is 410 g/mol. The molecule has 3 nitrogen and oxygen atoms in total. The Morgan fingerprint density at radius 1 is 0.962 bits per heavy atom. The van der Waals surface area contributed by atoms with Gasteiger partial charge in [0.2, 0.25) is 0 Å². The van der Waals surface area contributed by atoms with Crippen molar-refractivity contribution < 1.29 is 0 Å². The van der Waals surface area contributed by atoms with E-state index in [9.17, 15) is 0 Å². The minimum atomic E-state index is 0.757. The Bertz CT molecular complexity index is 701. The molecule has 6 heteroatoms. The van der Waals surface area contributed by atoms with Gasteiger partial charge in [0.1, 0.15) is 0 Å². The number of likely N-dealkylation sites (N-methyl/N-ethyl adjacent to an activating group) is 1. The topological polar surface area (TPSA) is 18.5 Å². The quantitative estimate of drug-likeness (QED) is 0.633. The first-order valence-corrected chi connectivity index (χ1v) is 10.5. The fourth-order valence-corrected chi connectivity index (χ4v) is 4.16. The van der Waals surface area contributed by atoms with Crippen molar-refractivity contribution >= 4 is 40.7 Å². The number of hydrogen-bond acceptors (Lipinski definition) is 4. The molecule has 0 bridgehead atoms. The molecule has 0 aliphatic carbocycles. The monoisotopic (exact) mass is 409 g/mol. The lowest BCUT2D eigenvalue weighted by Gasteiger charge is -2.32. The molecule has 2 aromatic rings. The van der Waals surface area contributed by atoms with Crippen molar-refractivity contribution in [1.82, 2.24) is 9.80 Å². The largest absolute Gasteiger partial charge is 0.384 e. The molecule has 0 aromatic heterocycles. The van der Waals surface area contributed by atoms with Crippen LogP contribution in [-0.2, 0) is 0 Å². The maximum absolute atomic E-state index is 6.21. The van der Waals surface area contributed by atoms with Crippen LogP contribution in [0.1, 0.15) is 6.42 Å². The lowest BCUT2D eigenvalue weighted by atomic mass is 10.3. The highest BCUT2D eigenvalue weighted by molar-refractivity contribution is 7.99. The number of benzene rings is 2. The van der Waals surface area contributed by atoms with Crippen LogP contribution in [-0.4, -0.2) is 56.1 Å². The number of hydrogen-bond donors (Lipinski definition) is 1. The molecular formula is C20H25Cl2N3S. The predicted octanol–water partition coefficient (Wildman–Crippen LogP) is 5.19. The summed E-state index contributed by atoms with van der Waals surface area (Å²) in [6.45, 7) is 6.77. The molecule has 0 amide bonds. The highest BCUT2D eigenvalue weighted by atomic mass is 35.5. The minimum absolute atomic E-state index is 0.757. The average Bonchev–Trinajstić information content (AvgIpc) is 2.64. The third-order valence-corrected chi connectivity index (χ3v) is 6.12. The molecule has 0 atom stereocenters. The van der Waals surface area contributed by atoms with Gasteiger partial charge in [0.05, 0.1) is 0 Å². The first-order valence-electron chi connectivity index (χ1n) is 8.98. The van der Waals surface area contributed by atoms with Gasteiger partial charge >= 0.3 is 0 Å². The molecule has 26 heavy (non-hydrogen) atoms. The molecule has 0 saturated carbocycles. The summed E-state index contributed by atoms with van der Waals surface area (Å²) in [5.74, 6) is 0. The van der Waals surface area contributed by atoms with Crippen molar-refractivity contribution in [3.05, 3.63) is 52.5 Å². The van der Waals surface area contributed by atoms with Gasteiger partial charge in [-0.2, -0.15) is 0 Å². The number of nitrogens with zero attached hydrogens (tertiary/aromatic N) is 2. The molecule has 2 aromatic carbocycles. The molecule has 3 rings (SSSR count). The van der Waals surface area contributed by atoms with Crippen LogP contribution in [0.4, 0.5) is 5.69 Å². The van der Waals surface area contributed by atoms with Crippen molar-refractivity contribution in [2.75, 3.05) is 51.6 Å². The van der Waals surface area contributed by atoms with E-state index < -0.39 is 0 Å². The van der Waals surface area contributed by atoms with Crippen LogP contribution < -0.4 is 5.32 Å². The number of halogens is 2. The summed E-state index contributed by atoms with van der Waals surface area (Å²) in [6, 6.07) is 13.9. The Balaban J connectivity index is 1.53. The summed E-state index contributed by atoms with van der Waals surface area (Å²) in [5, 5.41) is 5.08. The van der Waals surface area contributed by atoms with Gasteiger partial charge in [-0.15, -0.1) is 0 Å². The van der Waals surface area contributed by atoms with Gasteiger partial charge in [-0.05, 0) is 62.5 Å². The SMILES string of the molecule is CN1CCN(CCCNc2cc(Cl)ccc2Sc2ccc(Cl)cc2)CC1. The second-order valence-corrected chi connectivity index (χ2v) is 8.61. The lowest BCUT2D eigenvalue weighted by Crippen LogP contribution is -2.44. The van der Waals surface area contributed by atoms with E-state index in [-0.39, 0.29) is 0 Å². The first-order chi connectivity index (χ1) is 12.6. The van der Waals surface area contributed by atoms with Crippen molar-refractivity contribution in [2.24, 2.45) is 0 Å². The zero-order chi connectivity index (χ0) is 18.4. The van der Waals surface area contributed by atoms with Crippen LogP contribution in [0.2, 0.25) is 10.0 Å². The molecule has 0 radical (unpaired) electrons. The zero-order valence-electron chi connectivity index (χ0n) is 15.0. The summed E-state index contributed by atoms with van der Waals surface area (Å²) < 4.78 is 0. The summed E-state index contributed by atoms with van der Waals surface area (Å²) in [4.78, 5) is 7.28. The maximum atomic E-state index is 6.21. The van der Waals surface area contributed by atoms with E-state index in [1.54, 1.807) is 11.8 Å². The Hall–Kier alpha value is -0.910. The molecule has 1 N–H and O–H groups in total. The summed E-state index contributed by atoms with van der Waals surface area (Å²) in [6.07, 6.45) is 1.13. The summed E-state index contributed by atoms with van der Waals surface area (Å²) >= 11 is 13.9. The van der Waals surface area contributed by atoms with E-state index in [1.807, 2.05) is 36.4 Å². The van der Waals surface area contributed by atoms with Gasteiger partial charge in [-0.1, -0.05) is 35.0 Å². The van der Waals surface area contributed by atoms with Crippen LogP contribution in [0.25, 0.3) is 0 Å². The Labute approximate surface area is 170 Å². The highest BCUT2D eigenvalue weighted by Gasteiger charge is 2.13. The van der Waals surface area contributed by atoms with Crippen molar-refractivity contribution in [2.45, 2.75) is 16.2 Å². The van der Waals surface area contributed by atoms with Crippen LogP contribution >= 0.6 is 35.0 Å². The summed E-state index contributed by atoms with van der Waals surface area (Å²) in [5.41, 5.74) is 1.09. The molecule has 1 aliphatic rings. The van der Waals surface area contributed by atoms with Crippen LogP contribution in [0, 0.1) is 0 Å². The van der Waals surface area contributed by atoms with E-state index in [0.717, 1.165) is 40.1 Å². The van der Waals surface area contributed by atoms with Gasteiger partial charge in [0, 0.05) is 58.2 Å². The molecule has 1 fully saturated rings. The van der Waals surface area contributed by atoms with Gasteiger partial charge in [0.25, 0.3) is 0 Å². The van der Waals surface area contributed by atoms with Gasteiger partial charge < -0.3 is 15.1 Å². The fourth-order valence-electron chi connectivity index (χ4n) is 2.96. The molecule has 0 spiro atoms. The maximum Gasteiger partial charge on any atom is 0.0496 e. The van der Waals surface area contributed by atoms with Gasteiger partial charge in [0.15, 0.2) is 0 Å². The zero-order valence-corrected chi connectivity index (χ0v) is 17.4. The second-order valence-electron chi connectivity index (χ2n) is 6.62. The second kappa shape index (κ2) is 9.86. The normalized spacial score (nSPS) is 16.0. The van der Waals surface area contributed by atoms with Crippen LogP contribution in [0.15, 0.2) is 52.3 Å². The van der Waals surface area contributed by atoms with Crippen LogP contribution in [0.5, 0.6) is 0 Å². The van der Waals surface area contributed by atoms with E-state index in [2.05, 4.69) is 28.2 Å². The Kier molecular flexibility index (Phi) is 7.52. The molecule has 1 saturated heterocycles. The van der Waals surface area contributed by atoms with E-state index in [4.69, 9.17) is 23.2 Å². The smallest absolute Gasteiger partial charge is 0.0496 e. The molecule has 1 aliphatic heterocycles. The van der Waals surface area contributed by atoms with Gasteiger partial charge in [-0.25, -0.2) is 0 Å². The summed E-state index contributed by atoms with van der Waals surface area (Å²) in [7, 11) is 2.19. The van der Waals surface area contributed by atoms with Crippen molar-refractivity contribution in [1.29, 1.82) is 0 Å². The number of anilines is 1. The van der Waals surface area contributed by atoms with Crippen molar-refractivity contribution in [3.63, 3.8) is 0 Å². The fraction of sp³-hybridized carbons (Fsp3) is 0.400. The van der Waals surface area contributed by atoms with E-state index in [0.29, 0.717) is 0 Å². The Morgan fingerprint density at radius 2 is 1.65 bits per heavy atom. The first kappa shape index (κ1) is 19.8. The Morgan fingerprint density at radius 3 is 2.38 bits per heavy atom. The number of rotatable bonds is 7. The van der Waals surface area contributed by atoms with E-state index in [1.165, 1.54) is 31.1 Å². The molecule has 1 heterocycles. The van der Waals surface area contributed by atoms with Gasteiger partial charge in [-0.3, -0.25) is 0 Å². The van der Waals surface area contributed by atoms with Crippen molar-refractivity contribution in [3.8, 4) is 0 Å². The minimum Gasteiger partial charge on any atom is -0.384 e. The standard InChI is InChI=1S/C20H25Cl2N3S/c1-24-11-13-25(14-12-24)10-2-9-23-19-15-17(22)5-8-20(19)26-18-6-3-16(21)4-7-18/h3-8,15,23H,2,9-14H2,1H3. The third-order valence-electron chi connectivity index (χ3n) is 4.55. The van der Waals surface area contributed by atoms with Crippen LogP contribution in [0.3, 0.4) is 0 Å². The third kappa shape index (κ3) is 6.07. The molecule has 140 valence electrons. The number of nitrogens with one attached hydrogen (secondary N) is 1. The molecular weight excluding hydrogens is 385 g/mol.